The third-order valence-electron chi connectivity index (χ3n) is 4.07. The van der Waals surface area contributed by atoms with Gasteiger partial charge in [-0.25, -0.2) is 13.1 Å². The van der Waals surface area contributed by atoms with Crippen LogP contribution in [0.1, 0.15) is 12.5 Å². The van der Waals surface area contributed by atoms with E-state index < -0.39 is 10.0 Å². The fourth-order valence-corrected chi connectivity index (χ4v) is 4.33. The highest BCUT2D eigenvalue weighted by atomic mass is 32.2. The van der Waals surface area contributed by atoms with Crippen LogP contribution in [0.25, 0.3) is 10.8 Å². The van der Waals surface area contributed by atoms with E-state index in [1.54, 1.807) is 12.1 Å². The summed E-state index contributed by atoms with van der Waals surface area (Å²) < 4.78 is 28.0. The second kappa shape index (κ2) is 8.12. The zero-order valence-corrected chi connectivity index (χ0v) is 16.7. The first kappa shape index (κ1) is 19.4. The minimum absolute atomic E-state index is 0.116. The lowest BCUT2D eigenvalue weighted by Gasteiger charge is -2.12. The molecule has 1 amide bonds. The number of fused-ring (bicyclic) bond motifs is 1. The molecule has 0 saturated heterocycles. The molecule has 0 aromatic heterocycles. The number of carbonyl (C=O) groups excluding carboxylic acids is 1. The Labute approximate surface area is 163 Å². The summed E-state index contributed by atoms with van der Waals surface area (Å²) in [5.41, 5.74) is 1.36. The van der Waals surface area contributed by atoms with Crippen LogP contribution in [0.3, 0.4) is 0 Å². The van der Waals surface area contributed by atoms with Gasteiger partial charge in [0.15, 0.2) is 0 Å². The average Bonchev–Trinajstić information content (AvgIpc) is 2.66. The summed E-state index contributed by atoms with van der Waals surface area (Å²) in [6.07, 6.45) is 1.87. The SMILES string of the molecule is CSc1ccc(S(=O)(=O)NCc2ccc3ccccc3c2)cc1NC(C)=O. The van der Waals surface area contributed by atoms with Gasteiger partial charge in [0, 0.05) is 18.4 Å². The van der Waals surface area contributed by atoms with Gasteiger partial charge in [-0.2, -0.15) is 0 Å². The second-order valence-corrected chi connectivity index (χ2v) is 8.66. The van der Waals surface area contributed by atoms with Crippen LogP contribution in [0.2, 0.25) is 0 Å². The quantitative estimate of drug-likeness (QED) is 0.613. The largest absolute Gasteiger partial charge is 0.325 e. The van der Waals surface area contributed by atoms with Crippen molar-refractivity contribution >= 4 is 44.2 Å². The van der Waals surface area contributed by atoms with Crippen molar-refractivity contribution in [3.8, 4) is 0 Å². The molecule has 0 fully saturated rings. The number of sulfonamides is 1. The lowest BCUT2D eigenvalue weighted by atomic mass is 10.1. The monoisotopic (exact) mass is 400 g/mol. The molecule has 0 bridgehead atoms. The van der Waals surface area contributed by atoms with Crippen LogP contribution in [0.4, 0.5) is 5.69 Å². The standard InChI is InChI=1S/C20H20N2O3S2/c1-14(23)22-19-12-18(9-10-20(19)26-2)27(24,25)21-13-15-7-8-16-5-3-4-6-17(16)11-15/h3-12,21H,13H2,1-2H3,(H,22,23). The van der Waals surface area contributed by atoms with Gasteiger partial charge >= 0.3 is 0 Å². The Morgan fingerprint density at radius 3 is 2.44 bits per heavy atom. The number of amides is 1. The number of benzene rings is 3. The number of hydrogen-bond donors (Lipinski definition) is 2. The van der Waals surface area contributed by atoms with E-state index in [2.05, 4.69) is 10.0 Å². The Balaban J connectivity index is 1.82. The predicted molar refractivity (Wildman–Crippen MR) is 111 cm³/mol. The van der Waals surface area contributed by atoms with Crippen LogP contribution in [0, 0.1) is 0 Å². The maximum atomic E-state index is 12.7. The molecule has 0 aliphatic carbocycles. The van der Waals surface area contributed by atoms with Crippen molar-refractivity contribution in [3.63, 3.8) is 0 Å². The van der Waals surface area contributed by atoms with Crippen LogP contribution in [0.15, 0.2) is 70.5 Å². The van der Waals surface area contributed by atoms with E-state index in [-0.39, 0.29) is 17.3 Å². The first-order valence-electron chi connectivity index (χ1n) is 8.32. The third kappa shape index (κ3) is 4.68. The van der Waals surface area contributed by atoms with Crippen molar-refractivity contribution in [1.82, 2.24) is 4.72 Å². The molecular formula is C20H20N2O3S2. The minimum atomic E-state index is -3.71. The molecule has 0 aliphatic rings. The molecule has 0 unspecified atom stereocenters. The fraction of sp³-hybridized carbons (Fsp3) is 0.150. The van der Waals surface area contributed by atoms with E-state index in [9.17, 15) is 13.2 Å². The maximum Gasteiger partial charge on any atom is 0.240 e. The Morgan fingerprint density at radius 2 is 1.74 bits per heavy atom. The van der Waals surface area contributed by atoms with E-state index in [1.165, 1.54) is 24.8 Å². The summed E-state index contributed by atoms with van der Waals surface area (Å²) in [5, 5.41) is 4.85. The van der Waals surface area contributed by atoms with Crippen molar-refractivity contribution < 1.29 is 13.2 Å². The predicted octanol–water partition coefficient (Wildman–Crippen LogP) is 4.00. The van der Waals surface area contributed by atoms with Gasteiger partial charge in [-0.1, -0.05) is 36.4 Å². The number of anilines is 1. The third-order valence-corrected chi connectivity index (χ3v) is 6.27. The van der Waals surface area contributed by atoms with Gasteiger partial charge < -0.3 is 5.32 Å². The minimum Gasteiger partial charge on any atom is -0.325 e. The lowest BCUT2D eigenvalue weighted by Crippen LogP contribution is -2.23. The smallest absolute Gasteiger partial charge is 0.240 e. The molecule has 0 aliphatic heterocycles. The van der Waals surface area contributed by atoms with Crippen molar-refractivity contribution in [1.29, 1.82) is 0 Å². The highest BCUT2D eigenvalue weighted by molar-refractivity contribution is 7.98. The first-order chi connectivity index (χ1) is 12.9. The highest BCUT2D eigenvalue weighted by Crippen LogP contribution is 2.28. The lowest BCUT2D eigenvalue weighted by molar-refractivity contribution is -0.114. The fourth-order valence-electron chi connectivity index (χ4n) is 2.75. The number of carbonyl (C=O) groups is 1. The maximum absolute atomic E-state index is 12.7. The van der Waals surface area contributed by atoms with Crippen LogP contribution < -0.4 is 10.0 Å². The number of rotatable bonds is 6. The molecule has 7 heteroatoms. The molecule has 0 atom stereocenters. The first-order valence-corrected chi connectivity index (χ1v) is 11.0. The van der Waals surface area contributed by atoms with Gasteiger partial charge in [0.1, 0.15) is 0 Å². The summed E-state index contributed by atoms with van der Waals surface area (Å²) in [6, 6.07) is 18.5. The second-order valence-electron chi connectivity index (χ2n) is 6.05. The van der Waals surface area contributed by atoms with Gasteiger partial charge in [0.2, 0.25) is 15.9 Å². The molecule has 3 rings (SSSR count). The van der Waals surface area contributed by atoms with Gasteiger partial charge in [-0.05, 0) is 46.9 Å². The molecule has 0 heterocycles. The molecule has 27 heavy (non-hydrogen) atoms. The van der Waals surface area contributed by atoms with E-state index in [4.69, 9.17) is 0 Å². The molecule has 0 radical (unpaired) electrons. The molecule has 5 nitrogen and oxygen atoms in total. The molecule has 0 spiro atoms. The molecular weight excluding hydrogens is 380 g/mol. The van der Waals surface area contributed by atoms with Crippen molar-refractivity contribution in [2.24, 2.45) is 0 Å². The average molecular weight is 401 g/mol. The van der Waals surface area contributed by atoms with E-state index in [0.29, 0.717) is 5.69 Å². The Kier molecular flexibility index (Phi) is 5.84. The van der Waals surface area contributed by atoms with Crippen LogP contribution in [-0.4, -0.2) is 20.6 Å². The van der Waals surface area contributed by atoms with Gasteiger partial charge in [-0.15, -0.1) is 11.8 Å². The normalized spacial score (nSPS) is 11.5. The molecule has 140 valence electrons. The Morgan fingerprint density at radius 1 is 1.00 bits per heavy atom. The molecule has 0 saturated carbocycles. The Bertz CT molecular complexity index is 1100. The van der Waals surface area contributed by atoms with Gasteiger partial charge in [-0.3, -0.25) is 4.79 Å². The van der Waals surface area contributed by atoms with Crippen LogP contribution in [0.5, 0.6) is 0 Å². The molecule has 3 aromatic carbocycles. The molecule has 3 aromatic rings. The van der Waals surface area contributed by atoms with Gasteiger partial charge in [0.25, 0.3) is 0 Å². The zero-order chi connectivity index (χ0) is 19.4. The van der Waals surface area contributed by atoms with Crippen molar-refractivity contribution in [2.45, 2.75) is 23.3 Å². The molecule has 2 N–H and O–H groups in total. The summed E-state index contributed by atoms with van der Waals surface area (Å²) >= 11 is 1.44. The van der Waals surface area contributed by atoms with Crippen LogP contribution in [-0.2, 0) is 21.4 Å². The van der Waals surface area contributed by atoms with E-state index in [1.807, 2.05) is 48.7 Å². The van der Waals surface area contributed by atoms with Crippen molar-refractivity contribution in [2.75, 3.05) is 11.6 Å². The Hall–Kier alpha value is -2.35. The summed E-state index contributed by atoms with van der Waals surface area (Å²) in [6.45, 7) is 1.58. The van der Waals surface area contributed by atoms with Crippen LogP contribution >= 0.6 is 11.8 Å². The number of hydrogen-bond acceptors (Lipinski definition) is 4. The van der Waals surface area contributed by atoms with E-state index in [0.717, 1.165) is 21.2 Å². The highest BCUT2D eigenvalue weighted by Gasteiger charge is 2.16. The number of nitrogens with one attached hydrogen (secondary N) is 2. The zero-order valence-electron chi connectivity index (χ0n) is 15.0. The summed E-state index contributed by atoms with van der Waals surface area (Å²) in [7, 11) is -3.71. The van der Waals surface area contributed by atoms with Gasteiger partial charge in [0.05, 0.1) is 10.6 Å². The summed E-state index contributed by atoms with van der Waals surface area (Å²) in [4.78, 5) is 12.3. The number of thioether (sulfide) groups is 1. The van der Waals surface area contributed by atoms with E-state index >= 15 is 0 Å². The summed E-state index contributed by atoms with van der Waals surface area (Å²) in [5.74, 6) is -0.246. The van der Waals surface area contributed by atoms with Crippen molar-refractivity contribution in [3.05, 3.63) is 66.2 Å². The topological polar surface area (TPSA) is 75.3 Å².